The maximum atomic E-state index is 5.77. The van der Waals surface area contributed by atoms with Gasteiger partial charge in [0.25, 0.3) is 0 Å². The molecule has 0 atom stereocenters. The summed E-state index contributed by atoms with van der Waals surface area (Å²) in [6.45, 7) is 8.10. The van der Waals surface area contributed by atoms with Crippen LogP contribution in [0.2, 0.25) is 0 Å². The summed E-state index contributed by atoms with van der Waals surface area (Å²) in [5.41, 5.74) is 8.94. The number of hydrogen-bond acceptors (Lipinski definition) is 4. The molecule has 114 valence electrons. The average Bonchev–Trinajstić information content (AvgIpc) is 2.80. The van der Waals surface area contributed by atoms with E-state index in [9.17, 15) is 0 Å². The Hall–Kier alpha value is -1.88. The highest BCUT2D eigenvalue weighted by Gasteiger charge is 2.13. The highest BCUT2D eigenvalue weighted by Crippen LogP contribution is 2.14. The molecule has 0 amide bonds. The van der Waals surface area contributed by atoms with E-state index in [2.05, 4.69) is 37.1 Å². The van der Waals surface area contributed by atoms with E-state index in [-0.39, 0.29) is 0 Å². The van der Waals surface area contributed by atoms with Crippen molar-refractivity contribution in [3.05, 3.63) is 41.2 Å². The summed E-state index contributed by atoms with van der Waals surface area (Å²) in [6.07, 6.45) is 0.935. The zero-order chi connectivity index (χ0) is 15.2. The van der Waals surface area contributed by atoms with Crippen LogP contribution in [0.25, 0.3) is 0 Å². The topological polar surface area (TPSA) is 66.0 Å². The molecule has 0 saturated carbocycles. The molecule has 2 N–H and O–H groups in total. The molecular formula is C16H24N4O. The number of ether oxygens (including phenoxy) is 1. The maximum Gasteiger partial charge on any atom is 0.119 e. The van der Waals surface area contributed by atoms with Crippen LogP contribution in [-0.4, -0.2) is 21.6 Å². The maximum absolute atomic E-state index is 5.77. The first-order valence-corrected chi connectivity index (χ1v) is 7.41. The second-order valence-electron chi connectivity index (χ2n) is 5.67. The van der Waals surface area contributed by atoms with Crippen LogP contribution in [-0.2, 0) is 19.5 Å². The largest absolute Gasteiger partial charge is 0.492 e. The average molecular weight is 288 g/mol. The molecule has 1 heterocycles. The van der Waals surface area contributed by atoms with Crippen LogP contribution in [0.4, 0.5) is 0 Å². The van der Waals surface area contributed by atoms with Gasteiger partial charge in [0.2, 0.25) is 0 Å². The minimum Gasteiger partial charge on any atom is -0.492 e. The van der Waals surface area contributed by atoms with Crippen LogP contribution in [0.15, 0.2) is 24.3 Å². The Morgan fingerprint density at radius 1 is 1.33 bits per heavy atom. The van der Waals surface area contributed by atoms with Crippen LogP contribution in [0, 0.1) is 12.8 Å². The quantitative estimate of drug-likeness (QED) is 0.849. The molecule has 0 fully saturated rings. The predicted octanol–water partition coefficient (Wildman–Crippen LogP) is 2.32. The van der Waals surface area contributed by atoms with E-state index in [1.165, 1.54) is 5.56 Å². The van der Waals surface area contributed by atoms with Gasteiger partial charge in [-0.3, -0.25) is 0 Å². The standard InChI is InChI=1S/C16H24N4O/c1-12(2)9-16-15(11-17)18-19-20(16)7-8-21-14-6-4-5-13(3)10-14/h4-6,10,12H,7-9,11,17H2,1-3H3. The van der Waals surface area contributed by atoms with Crippen LogP contribution in [0.1, 0.15) is 30.8 Å². The Labute approximate surface area is 126 Å². The van der Waals surface area contributed by atoms with Gasteiger partial charge in [-0.25, -0.2) is 4.68 Å². The van der Waals surface area contributed by atoms with Crippen LogP contribution in [0.5, 0.6) is 5.75 Å². The first kappa shape index (κ1) is 15.5. The lowest BCUT2D eigenvalue weighted by molar-refractivity contribution is 0.286. The third-order valence-electron chi connectivity index (χ3n) is 3.27. The van der Waals surface area contributed by atoms with Gasteiger partial charge in [0, 0.05) is 6.54 Å². The lowest BCUT2D eigenvalue weighted by atomic mass is 10.1. The molecule has 5 nitrogen and oxygen atoms in total. The Morgan fingerprint density at radius 3 is 2.81 bits per heavy atom. The first-order valence-electron chi connectivity index (χ1n) is 7.41. The van der Waals surface area contributed by atoms with Crippen molar-refractivity contribution in [2.24, 2.45) is 11.7 Å². The van der Waals surface area contributed by atoms with Crippen LogP contribution in [0.3, 0.4) is 0 Å². The van der Waals surface area contributed by atoms with Crippen molar-refractivity contribution in [2.45, 2.75) is 40.3 Å². The first-order chi connectivity index (χ1) is 10.1. The monoisotopic (exact) mass is 288 g/mol. The molecule has 1 aromatic heterocycles. The molecule has 0 unspecified atom stereocenters. The number of rotatable bonds is 7. The van der Waals surface area contributed by atoms with Gasteiger partial charge in [-0.1, -0.05) is 31.2 Å². The smallest absolute Gasteiger partial charge is 0.119 e. The zero-order valence-corrected chi connectivity index (χ0v) is 13.0. The van der Waals surface area contributed by atoms with Gasteiger partial charge in [0.15, 0.2) is 0 Å². The summed E-state index contributed by atoms with van der Waals surface area (Å²) in [5.74, 6) is 1.44. The number of nitrogens with zero attached hydrogens (tertiary/aromatic N) is 3. The molecule has 0 spiro atoms. The second-order valence-corrected chi connectivity index (χ2v) is 5.67. The van der Waals surface area contributed by atoms with Gasteiger partial charge >= 0.3 is 0 Å². The van der Waals surface area contributed by atoms with E-state index in [4.69, 9.17) is 10.5 Å². The Morgan fingerprint density at radius 2 is 2.14 bits per heavy atom. The molecule has 0 saturated heterocycles. The van der Waals surface area contributed by atoms with E-state index in [1.54, 1.807) is 0 Å². The fourth-order valence-corrected chi connectivity index (χ4v) is 2.27. The summed E-state index contributed by atoms with van der Waals surface area (Å²) in [4.78, 5) is 0. The Bertz CT molecular complexity index is 577. The summed E-state index contributed by atoms with van der Waals surface area (Å²) in [5, 5.41) is 8.36. The van der Waals surface area contributed by atoms with Gasteiger partial charge < -0.3 is 10.5 Å². The van der Waals surface area contributed by atoms with Crippen molar-refractivity contribution in [3.63, 3.8) is 0 Å². The van der Waals surface area contributed by atoms with E-state index >= 15 is 0 Å². The molecule has 0 bridgehead atoms. The van der Waals surface area contributed by atoms with Crippen molar-refractivity contribution in [2.75, 3.05) is 6.61 Å². The third-order valence-corrected chi connectivity index (χ3v) is 3.27. The Balaban J connectivity index is 1.98. The summed E-state index contributed by atoms with van der Waals surface area (Å²) in [7, 11) is 0. The van der Waals surface area contributed by atoms with Gasteiger partial charge in [-0.05, 0) is 37.0 Å². The van der Waals surface area contributed by atoms with E-state index < -0.39 is 0 Å². The Kier molecular flexibility index (Phi) is 5.33. The molecule has 21 heavy (non-hydrogen) atoms. The molecule has 2 rings (SSSR count). The predicted molar refractivity (Wildman–Crippen MR) is 83.1 cm³/mol. The number of hydrogen-bond donors (Lipinski definition) is 1. The number of aromatic nitrogens is 3. The lowest BCUT2D eigenvalue weighted by Crippen LogP contribution is -2.15. The summed E-state index contributed by atoms with van der Waals surface area (Å²) >= 11 is 0. The fourth-order valence-electron chi connectivity index (χ4n) is 2.27. The molecule has 0 aliphatic heterocycles. The van der Waals surface area contributed by atoms with Crippen molar-refractivity contribution in [1.29, 1.82) is 0 Å². The molecule has 0 aliphatic carbocycles. The van der Waals surface area contributed by atoms with Crippen molar-refractivity contribution in [3.8, 4) is 5.75 Å². The molecular weight excluding hydrogens is 264 g/mol. The lowest BCUT2D eigenvalue weighted by Gasteiger charge is -2.11. The SMILES string of the molecule is Cc1cccc(OCCn2nnc(CN)c2CC(C)C)c1. The summed E-state index contributed by atoms with van der Waals surface area (Å²) < 4.78 is 7.69. The number of aryl methyl sites for hydroxylation is 1. The highest BCUT2D eigenvalue weighted by molar-refractivity contribution is 5.27. The van der Waals surface area contributed by atoms with Crippen LogP contribution < -0.4 is 10.5 Å². The second kappa shape index (κ2) is 7.22. The molecule has 0 radical (unpaired) electrons. The van der Waals surface area contributed by atoms with Gasteiger partial charge in [-0.2, -0.15) is 0 Å². The van der Waals surface area contributed by atoms with Gasteiger partial charge in [-0.15, -0.1) is 5.10 Å². The van der Waals surface area contributed by atoms with Gasteiger partial charge in [0.05, 0.1) is 17.9 Å². The summed E-state index contributed by atoms with van der Waals surface area (Å²) in [6, 6.07) is 8.05. The third kappa shape index (κ3) is 4.29. The fraction of sp³-hybridized carbons (Fsp3) is 0.500. The van der Waals surface area contributed by atoms with Crippen molar-refractivity contribution in [1.82, 2.24) is 15.0 Å². The van der Waals surface area contributed by atoms with Crippen molar-refractivity contribution >= 4 is 0 Å². The molecule has 5 heteroatoms. The molecule has 0 aliphatic rings. The van der Waals surface area contributed by atoms with Crippen molar-refractivity contribution < 1.29 is 4.74 Å². The van der Waals surface area contributed by atoms with Crippen LogP contribution >= 0.6 is 0 Å². The highest BCUT2D eigenvalue weighted by atomic mass is 16.5. The zero-order valence-electron chi connectivity index (χ0n) is 13.0. The number of nitrogens with two attached hydrogens (primary N) is 1. The van der Waals surface area contributed by atoms with Gasteiger partial charge in [0.1, 0.15) is 12.4 Å². The van der Waals surface area contributed by atoms with E-state index in [1.807, 2.05) is 22.9 Å². The minimum absolute atomic E-state index is 0.431. The minimum atomic E-state index is 0.431. The van der Waals surface area contributed by atoms with E-state index in [0.29, 0.717) is 25.6 Å². The van der Waals surface area contributed by atoms with E-state index in [0.717, 1.165) is 23.6 Å². The molecule has 1 aromatic carbocycles. The normalized spacial score (nSPS) is 11.1. The molecule has 2 aromatic rings. The number of benzene rings is 1.